The third kappa shape index (κ3) is 8.97. The molecule has 0 aliphatic rings. The van der Waals surface area contributed by atoms with E-state index in [0.717, 1.165) is 50.5 Å². The first-order valence-electron chi connectivity index (χ1n) is 19.3. The van der Waals surface area contributed by atoms with Crippen molar-refractivity contribution in [3.05, 3.63) is 248 Å². The van der Waals surface area contributed by atoms with Gasteiger partial charge in [0.2, 0.25) is 0 Å². The van der Waals surface area contributed by atoms with Crippen LogP contribution in [0.3, 0.4) is 0 Å². The minimum Gasteiger partial charge on any atom is -0.486 e. The van der Waals surface area contributed by atoms with Crippen LogP contribution in [0.5, 0.6) is 0 Å². The Morgan fingerprint density at radius 1 is 0.466 bits per heavy atom. The van der Waals surface area contributed by atoms with Gasteiger partial charge in [0, 0.05) is 17.1 Å². The first-order chi connectivity index (χ1) is 28.2. The SMILES string of the molecule is [C-]#[N+]C(=Cc1ccc(N(c2ccc(/C=C(\c3ccccc3)c3ccc(C)c(C)c3)cc2)c2ccc(/C=C(\c3ccccc3)c3ccc(C)c(C)c3)cc2)cc1)C(=O)O. The third-order valence-corrected chi connectivity index (χ3v) is 10.5. The van der Waals surface area contributed by atoms with E-state index in [1.54, 1.807) is 0 Å². The second-order valence-corrected chi connectivity index (χ2v) is 14.5. The van der Waals surface area contributed by atoms with Crippen LogP contribution in [0.4, 0.5) is 17.1 Å². The summed E-state index contributed by atoms with van der Waals surface area (Å²) >= 11 is 0. The number of hydrogen-bond acceptors (Lipinski definition) is 2. The van der Waals surface area contributed by atoms with Crippen LogP contribution in [0, 0.1) is 34.3 Å². The lowest BCUT2D eigenvalue weighted by Crippen LogP contribution is -2.10. The molecule has 0 aromatic heterocycles. The summed E-state index contributed by atoms with van der Waals surface area (Å²) in [6.07, 6.45) is 5.88. The second-order valence-electron chi connectivity index (χ2n) is 14.5. The number of carbonyl (C=O) groups is 1. The van der Waals surface area contributed by atoms with Crippen LogP contribution in [0.15, 0.2) is 176 Å². The average Bonchev–Trinajstić information content (AvgIpc) is 3.25. The summed E-state index contributed by atoms with van der Waals surface area (Å²) in [6, 6.07) is 58.9. The minimum atomic E-state index is -1.25. The molecule has 7 rings (SSSR count). The zero-order valence-corrected chi connectivity index (χ0v) is 33.1. The maximum Gasteiger partial charge on any atom is 0.333 e. The Morgan fingerprint density at radius 3 is 1.16 bits per heavy atom. The first-order valence-corrected chi connectivity index (χ1v) is 19.3. The molecule has 4 heteroatoms. The van der Waals surface area contributed by atoms with Crippen molar-refractivity contribution in [2.75, 3.05) is 4.90 Å². The highest BCUT2D eigenvalue weighted by Gasteiger charge is 2.15. The number of aryl methyl sites for hydroxylation is 4. The fourth-order valence-electron chi connectivity index (χ4n) is 6.96. The molecule has 0 unspecified atom stereocenters. The number of carboxylic acid groups (broad SMARTS) is 1. The predicted octanol–water partition coefficient (Wildman–Crippen LogP) is 13.9. The molecule has 0 heterocycles. The van der Waals surface area contributed by atoms with Crippen molar-refractivity contribution in [1.29, 1.82) is 0 Å². The number of benzene rings is 7. The predicted molar refractivity (Wildman–Crippen MR) is 242 cm³/mol. The molecule has 0 bridgehead atoms. The summed E-state index contributed by atoms with van der Waals surface area (Å²) in [7, 11) is 0. The quantitative estimate of drug-likeness (QED) is 0.0813. The molecule has 0 saturated carbocycles. The summed E-state index contributed by atoms with van der Waals surface area (Å²) < 4.78 is 0. The molecular formula is C54H44N2O2. The molecule has 7 aromatic rings. The van der Waals surface area contributed by atoms with Crippen molar-refractivity contribution < 1.29 is 9.90 Å². The van der Waals surface area contributed by atoms with Crippen molar-refractivity contribution in [3.8, 4) is 0 Å². The summed E-state index contributed by atoms with van der Waals surface area (Å²) in [6.45, 7) is 15.9. The van der Waals surface area contributed by atoms with Gasteiger partial charge in [0.15, 0.2) is 0 Å². The molecule has 282 valence electrons. The Balaban J connectivity index is 1.29. The number of anilines is 3. The Bertz CT molecular complexity index is 2550. The van der Waals surface area contributed by atoms with Crippen molar-refractivity contribution in [2.45, 2.75) is 27.7 Å². The van der Waals surface area contributed by atoms with E-state index < -0.39 is 5.97 Å². The molecule has 1 N–H and O–H groups in total. The van der Waals surface area contributed by atoms with E-state index in [1.807, 2.05) is 36.4 Å². The molecular weight excluding hydrogens is 709 g/mol. The van der Waals surface area contributed by atoms with Gasteiger partial charge >= 0.3 is 5.97 Å². The average molecular weight is 753 g/mol. The van der Waals surface area contributed by atoms with E-state index in [-0.39, 0.29) is 5.70 Å². The normalized spacial score (nSPS) is 11.9. The topological polar surface area (TPSA) is 44.9 Å². The molecule has 58 heavy (non-hydrogen) atoms. The Kier molecular flexibility index (Phi) is 11.7. The molecule has 0 aliphatic heterocycles. The Hall–Kier alpha value is -7.48. The van der Waals surface area contributed by atoms with Gasteiger partial charge in [-0.25, -0.2) is 4.85 Å². The molecule has 0 radical (unpaired) electrons. The summed E-state index contributed by atoms with van der Waals surface area (Å²) in [5, 5.41) is 9.44. The number of nitrogens with zero attached hydrogens (tertiary/aromatic N) is 2. The van der Waals surface area contributed by atoms with Crippen LogP contribution in [-0.4, -0.2) is 11.1 Å². The maximum absolute atomic E-state index is 11.5. The summed E-state index contributed by atoms with van der Waals surface area (Å²) in [5.74, 6) is -1.25. The molecule has 0 amide bonds. The minimum absolute atomic E-state index is 0.330. The van der Waals surface area contributed by atoms with Crippen molar-refractivity contribution in [2.24, 2.45) is 0 Å². The highest BCUT2D eigenvalue weighted by molar-refractivity contribution is 5.95. The van der Waals surface area contributed by atoms with Crippen LogP contribution < -0.4 is 4.90 Å². The van der Waals surface area contributed by atoms with Crippen LogP contribution in [0.1, 0.15) is 61.2 Å². The standard InChI is InChI=1S/C54H44N2O2/c1-37-16-24-46(32-39(37)3)51(44-12-8-6-9-13-44)34-41-18-26-48(27-19-41)56(50-30-22-43(23-31-50)36-53(55-5)54(57)58)49-28-20-42(21-29-49)35-52(45-14-10-7-11-15-45)47-25-17-38(2)40(4)33-47/h6-36H,1-4H3,(H,57,58)/b51-34+,52-35+,53-36?. The summed E-state index contributed by atoms with van der Waals surface area (Å²) in [5.41, 5.74) is 17.2. The smallest absolute Gasteiger partial charge is 0.333 e. The van der Waals surface area contributed by atoms with Crippen LogP contribution in [0.25, 0.3) is 34.2 Å². The van der Waals surface area contributed by atoms with Gasteiger partial charge in [-0.2, -0.15) is 0 Å². The lowest BCUT2D eigenvalue weighted by Gasteiger charge is -2.26. The highest BCUT2D eigenvalue weighted by Crippen LogP contribution is 2.37. The van der Waals surface area contributed by atoms with E-state index in [0.29, 0.717) is 5.56 Å². The van der Waals surface area contributed by atoms with E-state index >= 15 is 0 Å². The van der Waals surface area contributed by atoms with Crippen LogP contribution in [0.2, 0.25) is 0 Å². The number of rotatable bonds is 11. The fraction of sp³-hybridized carbons (Fsp3) is 0.0741. The highest BCUT2D eigenvalue weighted by atomic mass is 16.4. The zero-order valence-electron chi connectivity index (χ0n) is 33.1. The van der Waals surface area contributed by atoms with Gasteiger partial charge in [0.05, 0.1) is 6.57 Å². The maximum atomic E-state index is 11.5. The van der Waals surface area contributed by atoms with Crippen molar-refractivity contribution in [1.82, 2.24) is 0 Å². The lowest BCUT2D eigenvalue weighted by molar-refractivity contribution is -0.132. The zero-order chi connectivity index (χ0) is 40.6. The number of hydrogen-bond donors (Lipinski definition) is 1. The van der Waals surface area contributed by atoms with Gasteiger partial charge in [0.25, 0.3) is 5.70 Å². The Labute approximate surface area is 341 Å². The largest absolute Gasteiger partial charge is 0.486 e. The molecule has 0 atom stereocenters. The van der Waals surface area contributed by atoms with Crippen molar-refractivity contribution in [3.63, 3.8) is 0 Å². The monoisotopic (exact) mass is 752 g/mol. The van der Waals surface area contributed by atoms with E-state index in [2.05, 4.69) is 183 Å². The van der Waals surface area contributed by atoms with Crippen LogP contribution >= 0.6 is 0 Å². The van der Waals surface area contributed by atoms with Gasteiger partial charge < -0.3 is 10.0 Å². The molecule has 4 nitrogen and oxygen atoms in total. The number of carboxylic acids is 1. The van der Waals surface area contributed by atoms with E-state index in [9.17, 15) is 9.90 Å². The molecule has 0 saturated heterocycles. The lowest BCUT2D eigenvalue weighted by atomic mass is 9.93. The number of aliphatic carboxylic acids is 1. The van der Waals surface area contributed by atoms with Gasteiger partial charge in [-0.3, -0.25) is 4.79 Å². The second kappa shape index (κ2) is 17.5. The molecule has 0 aliphatic carbocycles. The van der Waals surface area contributed by atoms with Gasteiger partial charge in [-0.15, -0.1) is 0 Å². The first kappa shape index (κ1) is 38.8. The van der Waals surface area contributed by atoms with E-state index in [1.165, 1.54) is 39.5 Å². The van der Waals surface area contributed by atoms with Crippen molar-refractivity contribution >= 4 is 52.4 Å². The third-order valence-electron chi connectivity index (χ3n) is 10.5. The summed E-state index contributed by atoms with van der Waals surface area (Å²) in [4.78, 5) is 16.9. The fourth-order valence-corrected chi connectivity index (χ4v) is 6.96. The van der Waals surface area contributed by atoms with Crippen LogP contribution in [-0.2, 0) is 4.79 Å². The van der Waals surface area contributed by atoms with E-state index in [4.69, 9.17) is 6.57 Å². The molecule has 7 aromatic carbocycles. The van der Waals surface area contributed by atoms with Gasteiger partial charge in [0.1, 0.15) is 0 Å². The molecule has 0 fully saturated rings. The molecule has 0 spiro atoms. The van der Waals surface area contributed by atoms with Gasteiger partial charge in [-0.1, -0.05) is 133 Å². The van der Waals surface area contributed by atoms with Gasteiger partial charge in [-0.05, 0) is 155 Å². The Morgan fingerprint density at radius 2 is 0.828 bits per heavy atom.